The Morgan fingerprint density at radius 2 is 1.61 bits per heavy atom. The third kappa shape index (κ3) is 8.02. The summed E-state index contributed by atoms with van der Waals surface area (Å²) in [5.74, 6) is -1.32. The molecule has 0 bridgehead atoms. The van der Waals surface area contributed by atoms with Crippen LogP contribution < -0.4 is 10.6 Å². The molecule has 2 amide bonds. The third-order valence-corrected chi connectivity index (χ3v) is 3.37. The van der Waals surface area contributed by atoms with Crippen molar-refractivity contribution in [1.82, 2.24) is 10.6 Å². The number of non-ortho nitro benzene ring substituents is 1. The second-order valence-electron chi connectivity index (χ2n) is 6.91. The SMILES string of the molecule is COC(=O)c1cc(C(=O)NCCCCNC(=O)OC(C)(C)C)cc([N+](=O)[O-])c1. The first-order chi connectivity index (χ1) is 13.0. The summed E-state index contributed by atoms with van der Waals surface area (Å²) in [5, 5.41) is 16.2. The molecule has 154 valence electrons. The number of amides is 2. The zero-order chi connectivity index (χ0) is 21.3. The van der Waals surface area contributed by atoms with Crippen molar-refractivity contribution in [3.63, 3.8) is 0 Å². The molecule has 28 heavy (non-hydrogen) atoms. The zero-order valence-corrected chi connectivity index (χ0v) is 16.4. The maximum absolute atomic E-state index is 12.2. The number of nitrogens with zero attached hydrogens (tertiary/aromatic N) is 1. The number of hydrogen-bond donors (Lipinski definition) is 2. The molecule has 1 aromatic rings. The fourth-order valence-electron chi connectivity index (χ4n) is 2.14. The number of unbranched alkanes of at least 4 members (excludes halogenated alkanes) is 1. The van der Waals surface area contributed by atoms with Gasteiger partial charge in [0.25, 0.3) is 11.6 Å². The number of carbonyl (C=O) groups excluding carboxylic acids is 3. The fraction of sp³-hybridized carbons (Fsp3) is 0.500. The standard InChI is InChI=1S/C18H25N3O7/c1-18(2,3)28-17(24)20-8-6-5-7-19-15(22)12-9-13(16(23)27-4)11-14(10-12)21(25)26/h9-11H,5-8H2,1-4H3,(H,19,22)(H,20,24). The molecule has 0 heterocycles. The van der Waals surface area contributed by atoms with Crippen molar-refractivity contribution in [3.05, 3.63) is 39.4 Å². The van der Waals surface area contributed by atoms with Gasteiger partial charge in [0.2, 0.25) is 0 Å². The summed E-state index contributed by atoms with van der Waals surface area (Å²) in [6.45, 7) is 5.98. The molecular weight excluding hydrogens is 370 g/mol. The maximum atomic E-state index is 12.2. The number of nitro groups is 1. The number of methoxy groups -OCH3 is 1. The summed E-state index contributed by atoms with van der Waals surface area (Å²) in [7, 11) is 1.15. The van der Waals surface area contributed by atoms with Crippen molar-refractivity contribution < 1.29 is 28.8 Å². The number of carbonyl (C=O) groups is 3. The van der Waals surface area contributed by atoms with E-state index in [1.54, 1.807) is 20.8 Å². The summed E-state index contributed by atoms with van der Waals surface area (Å²) in [6.07, 6.45) is 0.658. The molecule has 0 unspecified atom stereocenters. The van der Waals surface area contributed by atoms with Crippen LogP contribution in [-0.4, -0.2) is 48.7 Å². The molecule has 10 nitrogen and oxygen atoms in total. The molecule has 0 aliphatic heterocycles. The van der Waals surface area contributed by atoms with Gasteiger partial charge in [-0.3, -0.25) is 14.9 Å². The highest BCUT2D eigenvalue weighted by Gasteiger charge is 2.18. The average Bonchev–Trinajstić information content (AvgIpc) is 2.61. The van der Waals surface area contributed by atoms with Gasteiger partial charge in [-0.1, -0.05) is 0 Å². The third-order valence-electron chi connectivity index (χ3n) is 3.37. The Hall–Kier alpha value is -3.17. The van der Waals surface area contributed by atoms with Gasteiger partial charge in [0.15, 0.2) is 0 Å². The highest BCUT2D eigenvalue weighted by Crippen LogP contribution is 2.18. The average molecular weight is 395 g/mol. The lowest BCUT2D eigenvalue weighted by Gasteiger charge is -2.19. The van der Waals surface area contributed by atoms with E-state index in [0.29, 0.717) is 25.9 Å². The summed E-state index contributed by atoms with van der Waals surface area (Å²) in [4.78, 5) is 45.6. The largest absolute Gasteiger partial charge is 0.465 e. The van der Waals surface area contributed by atoms with Gasteiger partial charge in [0.1, 0.15) is 5.60 Å². The minimum absolute atomic E-state index is 0.0125. The van der Waals surface area contributed by atoms with Crippen molar-refractivity contribution in [2.75, 3.05) is 20.2 Å². The Labute approximate surface area is 162 Å². The van der Waals surface area contributed by atoms with E-state index >= 15 is 0 Å². The van der Waals surface area contributed by atoms with Crippen LogP contribution in [0.4, 0.5) is 10.5 Å². The first kappa shape index (κ1) is 22.9. The molecule has 1 aromatic carbocycles. The van der Waals surface area contributed by atoms with Crippen LogP contribution in [0.3, 0.4) is 0 Å². The summed E-state index contributed by atoms with van der Waals surface area (Å²) in [6, 6.07) is 3.37. The van der Waals surface area contributed by atoms with Gasteiger partial charge < -0.3 is 20.1 Å². The summed E-state index contributed by atoms with van der Waals surface area (Å²) >= 11 is 0. The first-order valence-corrected chi connectivity index (χ1v) is 8.66. The number of esters is 1. The van der Waals surface area contributed by atoms with Crippen LogP contribution >= 0.6 is 0 Å². The lowest BCUT2D eigenvalue weighted by atomic mass is 10.1. The smallest absolute Gasteiger partial charge is 0.407 e. The molecule has 0 aliphatic carbocycles. The molecule has 0 saturated heterocycles. The van der Waals surface area contributed by atoms with E-state index in [9.17, 15) is 24.5 Å². The van der Waals surface area contributed by atoms with E-state index in [4.69, 9.17) is 4.74 Å². The number of ether oxygens (including phenoxy) is 2. The Bertz CT molecular complexity index is 741. The van der Waals surface area contributed by atoms with Crippen LogP contribution in [0, 0.1) is 10.1 Å². The van der Waals surface area contributed by atoms with Gasteiger partial charge in [-0.2, -0.15) is 0 Å². The monoisotopic (exact) mass is 395 g/mol. The number of hydrogen-bond acceptors (Lipinski definition) is 7. The van der Waals surface area contributed by atoms with E-state index in [1.807, 2.05) is 0 Å². The Kier molecular flexibility index (Phi) is 8.36. The Morgan fingerprint density at radius 1 is 1.04 bits per heavy atom. The van der Waals surface area contributed by atoms with E-state index in [2.05, 4.69) is 15.4 Å². The van der Waals surface area contributed by atoms with Crippen molar-refractivity contribution >= 4 is 23.7 Å². The number of alkyl carbamates (subject to hydrolysis) is 1. The van der Waals surface area contributed by atoms with Crippen molar-refractivity contribution in [2.45, 2.75) is 39.2 Å². The van der Waals surface area contributed by atoms with Crippen molar-refractivity contribution in [3.8, 4) is 0 Å². The minimum Gasteiger partial charge on any atom is -0.465 e. The molecule has 10 heteroatoms. The molecule has 0 fully saturated rings. The first-order valence-electron chi connectivity index (χ1n) is 8.66. The van der Waals surface area contributed by atoms with Gasteiger partial charge >= 0.3 is 12.1 Å². The second kappa shape index (κ2) is 10.2. The van der Waals surface area contributed by atoms with E-state index in [0.717, 1.165) is 19.2 Å². The second-order valence-corrected chi connectivity index (χ2v) is 6.91. The molecular formula is C18H25N3O7. The summed E-state index contributed by atoms with van der Waals surface area (Å²) in [5.41, 5.74) is -1.04. The molecule has 0 aliphatic rings. The quantitative estimate of drug-likeness (QED) is 0.298. The predicted molar refractivity (Wildman–Crippen MR) is 100 cm³/mol. The molecule has 0 atom stereocenters. The van der Waals surface area contributed by atoms with Gasteiger partial charge in [-0.15, -0.1) is 0 Å². The van der Waals surface area contributed by atoms with Gasteiger partial charge in [0, 0.05) is 30.8 Å². The van der Waals surface area contributed by atoms with Gasteiger partial charge in [-0.05, 0) is 39.7 Å². The summed E-state index contributed by atoms with van der Waals surface area (Å²) < 4.78 is 9.64. The molecule has 1 rings (SSSR count). The van der Waals surface area contributed by atoms with Crippen molar-refractivity contribution in [2.24, 2.45) is 0 Å². The van der Waals surface area contributed by atoms with Crippen LogP contribution in [0.2, 0.25) is 0 Å². The molecule has 0 saturated carbocycles. The minimum atomic E-state index is -0.772. The van der Waals surface area contributed by atoms with Crippen LogP contribution in [0.15, 0.2) is 18.2 Å². The zero-order valence-electron chi connectivity index (χ0n) is 16.4. The van der Waals surface area contributed by atoms with Crippen LogP contribution in [0.25, 0.3) is 0 Å². The number of benzene rings is 1. The number of nitro benzene ring substituents is 1. The predicted octanol–water partition coefficient (Wildman–Crippen LogP) is 2.42. The Morgan fingerprint density at radius 3 is 2.14 bits per heavy atom. The van der Waals surface area contributed by atoms with E-state index in [1.165, 1.54) is 6.07 Å². The van der Waals surface area contributed by atoms with Crippen molar-refractivity contribution in [1.29, 1.82) is 0 Å². The topological polar surface area (TPSA) is 137 Å². The van der Waals surface area contributed by atoms with E-state index < -0.39 is 28.5 Å². The molecule has 0 spiro atoms. The van der Waals surface area contributed by atoms with Gasteiger partial charge in [0.05, 0.1) is 17.6 Å². The van der Waals surface area contributed by atoms with Crippen LogP contribution in [0.5, 0.6) is 0 Å². The highest BCUT2D eigenvalue weighted by molar-refractivity contribution is 5.98. The number of nitrogens with one attached hydrogen (secondary N) is 2. The molecule has 0 aromatic heterocycles. The fourth-order valence-corrected chi connectivity index (χ4v) is 2.14. The lowest BCUT2D eigenvalue weighted by molar-refractivity contribution is -0.384. The Balaban J connectivity index is 2.51. The number of rotatable bonds is 8. The maximum Gasteiger partial charge on any atom is 0.407 e. The lowest BCUT2D eigenvalue weighted by Crippen LogP contribution is -2.33. The highest BCUT2D eigenvalue weighted by atomic mass is 16.6. The molecule has 0 radical (unpaired) electrons. The molecule has 2 N–H and O–H groups in total. The van der Waals surface area contributed by atoms with Crippen LogP contribution in [-0.2, 0) is 9.47 Å². The van der Waals surface area contributed by atoms with Crippen LogP contribution in [0.1, 0.15) is 54.3 Å². The van der Waals surface area contributed by atoms with E-state index in [-0.39, 0.29) is 16.8 Å². The normalized spacial score (nSPS) is 10.7. The van der Waals surface area contributed by atoms with Gasteiger partial charge in [-0.25, -0.2) is 9.59 Å².